The molecular formula is C18H28N2. The molecule has 3 rings (SSSR count). The SMILES string of the molecule is NC1CCCC(c2ccc(C3CCCC(N)C3)cc2)C1. The molecule has 0 aromatic heterocycles. The summed E-state index contributed by atoms with van der Waals surface area (Å²) >= 11 is 0. The first-order valence-electron chi connectivity index (χ1n) is 8.33. The van der Waals surface area contributed by atoms with Gasteiger partial charge in [-0.1, -0.05) is 37.1 Å². The van der Waals surface area contributed by atoms with Gasteiger partial charge in [0.2, 0.25) is 0 Å². The van der Waals surface area contributed by atoms with Crippen LogP contribution in [-0.2, 0) is 0 Å². The van der Waals surface area contributed by atoms with E-state index in [4.69, 9.17) is 11.5 Å². The zero-order chi connectivity index (χ0) is 13.9. The largest absolute Gasteiger partial charge is 0.328 e. The van der Waals surface area contributed by atoms with Gasteiger partial charge in [0, 0.05) is 12.1 Å². The van der Waals surface area contributed by atoms with Gasteiger partial charge in [-0.15, -0.1) is 0 Å². The van der Waals surface area contributed by atoms with E-state index in [0.717, 1.165) is 12.8 Å². The molecular weight excluding hydrogens is 244 g/mol. The van der Waals surface area contributed by atoms with Crippen LogP contribution in [0.1, 0.15) is 74.3 Å². The van der Waals surface area contributed by atoms with E-state index in [2.05, 4.69) is 24.3 Å². The lowest BCUT2D eigenvalue weighted by molar-refractivity contribution is 0.390. The van der Waals surface area contributed by atoms with Gasteiger partial charge in [-0.05, 0) is 61.5 Å². The maximum Gasteiger partial charge on any atom is 0.00446 e. The van der Waals surface area contributed by atoms with Gasteiger partial charge in [0.15, 0.2) is 0 Å². The predicted molar refractivity (Wildman–Crippen MR) is 84.8 cm³/mol. The van der Waals surface area contributed by atoms with E-state index < -0.39 is 0 Å². The molecule has 4 unspecified atom stereocenters. The van der Waals surface area contributed by atoms with Gasteiger partial charge in [-0.2, -0.15) is 0 Å². The van der Waals surface area contributed by atoms with Gasteiger partial charge in [0.25, 0.3) is 0 Å². The fourth-order valence-corrected chi connectivity index (χ4v) is 4.10. The molecule has 0 saturated heterocycles. The molecule has 0 heterocycles. The molecule has 1 aromatic carbocycles. The van der Waals surface area contributed by atoms with Gasteiger partial charge in [0.05, 0.1) is 0 Å². The Kier molecular flexibility index (Phi) is 4.42. The van der Waals surface area contributed by atoms with Gasteiger partial charge in [-0.25, -0.2) is 0 Å². The monoisotopic (exact) mass is 272 g/mol. The molecule has 0 radical (unpaired) electrons. The summed E-state index contributed by atoms with van der Waals surface area (Å²) in [7, 11) is 0. The zero-order valence-corrected chi connectivity index (χ0v) is 12.4. The maximum atomic E-state index is 6.11. The van der Waals surface area contributed by atoms with E-state index in [1.54, 1.807) is 0 Å². The molecule has 2 aliphatic carbocycles. The molecule has 1 aromatic rings. The summed E-state index contributed by atoms with van der Waals surface area (Å²) in [6, 6.07) is 10.2. The summed E-state index contributed by atoms with van der Waals surface area (Å²) in [4.78, 5) is 0. The Labute approximate surface area is 122 Å². The Hall–Kier alpha value is -0.860. The highest BCUT2D eigenvalue weighted by molar-refractivity contribution is 5.28. The quantitative estimate of drug-likeness (QED) is 0.863. The van der Waals surface area contributed by atoms with Crippen molar-refractivity contribution >= 4 is 0 Å². The van der Waals surface area contributed by atoms with Gasteiger partial charge < -0.3 is 11.5 Å². The van der Waals surface area contributed by atoms with Crippen molar-refractivity contribution in [1.29, 1.82) is 0 Å². The highest BCUT2D eigenvalue weighted by atomic mass is 14.6. The van der Waals surface area contributed by atoms with Crippen molar-refractivity contribution in [3.05, 3.63) is 35.4 Å². The van der Waals surface area contributed by atoms with Crippen molar-refractivity contribution in [3.63, 3.8) is 0 Å². The molecule has 0 amide bonds. The van der Waals surface area contributed by atoms with Crippen LogP contribution in [0, 0.1) is 0 Å². The second-order valence-corrected chi connectivity index (χ2v) is 6.91. The van der Waals surface area contributed by atoms with Crippen molar-refractivity contribution in [1.82, 2.24) is 0 Å². The third-order valence-corrected chi connectivity index (χ3v) is 5.31. The molecule has 0 aliphatic heterocycles. The molecule has 2 saturated carbocycles. The Morgan fingerprint density at radius 2 is 1.05 bits per heavy atom. The van der Waals surface area contributed by atoms with E-state index >= 15 is 0 Å². The topological polar surface area (TPSA) is 52.0 Å². The lowest BCUT2D eigenvalue weighted by Crippen LogP contribution is -2.27. The fraction of sp³-hybridized carbons (Fsp3) is 0.667. The van der Waals surface area contributed by atoms with Crippen LogP contribution in [0.4, 0.5) is 0 Å². The summed E-state index contributed by atoms with van der Waals surface area (Å²) < 4.78 is 0. The summed E-state index contributed by atoms with van der Waals surface area (Å²) in [5.74, 6) is 1.36. The van der Waals surface area contributed by atoms with Crippen molar-refractivity contribution in [2.45, 2.75) is 75.3 Å². The predicted octanol–water partition coefficient (Wildman–Crippen LogP) is 3.66. The second kappa shape index (κ2) is 6.28. The normalized spacial score (nSPS) is 34.9. The van der Waals surface area contributed by atoms with Gasteiger partial charge >= 0.3 is 0 Å². The minimum Gasteiger partial charge on any atom is -0.328 e. The van der Waals surface area contributed by atoms with E-state index in [-0.39, 0.29) is 0 Å². The molecule has 110 valence electrons. The Morgan fingerprint density at radius 1 is 0.650 bits per heavy atom. The molecule has 2 heteroatoms. The Bertz CT molecular complexity index is 385. The lowest BCUT2D eigenvalue weighted by atomic mass is 9.79. The van der Waals surface area contributed by atoms with E-state index in [1.807, 2.05) is 0 Å². The van der Waals surface area contributed by atoms with Crippen LogP contribution >= 0.6 is 0 Å². The molecule has 20 heavy (non-hydrogen) atoms. The summed E-state index contributed by atoms with van der Waals surface area (Å²) in [5.41, 5.74) is 15.2. The number of hydrogen-bond donors (Lipinski definition) is 2. The third-order valence-electron chi connectivity index (χ3n) is 5.31. The molecule has 4 atom stereocenters. The van der Waals surface area contributed by atoms with Crippen LogP contribution in [-0.4, -0.2) is 12.1 Å². The minimum absolute atomic E-state index is 0.407. The van der Waals surface area contributed by atoms with E-state index in [0.29, 0.717) is 23.9 Å². The second-order valence-electron chi connectivity index (χ2n) is 6.91. The first kappa shape index (κ1) is 14.1. The number of benzene rings is 1. The summed E-state index contributed by atoms with van der Waals surface area (Å²) in [6.07, 6.45) is 9.91. The fourth-order valence-electron chi connectivity index (χ4n) is 4.10. The molecule has 0 bridgehead atoms. The van der Waals surface area contributed by atoms with Crippen LogP contribution in [0.25, 0.3) is 0 Å². The molecule has 2 fully saturated rings. The van der Waals surface area contributed by atoms with Gasteiger partial charge in [-0.3, -0.25) is 0 Å². The van der Waals surface area contributed by atoms with Crippen LogP contribution in [0.15, 0.2) is 24.3 Å². The molecule has 2 nitrogen and oxygen atoms in total. The van der Waals surface area contributed by atoms with Crippen LogP contribution in [0.2, 0.25) is 0 Å². The number of hydrogen-bond acceptors (Lipinski definition) is 2. The average molecular weight is 272 g/mol. The Morgan fingerprint density at radius 3 is 1.40 bits per heavy atom. The molecule has 4 N–H and O–H groups in total. The van der Waals surface area contributed by atoms with Crippen molar-refractivity contribution in [2.24, 2.45) is 11.5 Å². The van der Waals surface area contributed by atoms with Crippen molar-refractivity contribution < 1.29 is 0 Å². The molecule has 2 aliphatic rings. The first-order chi connectivity index (χ1) is 9.72. The van der Waals surface area contributed by atoms with Crippen molar-refractivity contribution in [3.8, 4) is 0 Å². The summed E-state index contributed by atoms with van der Waals surface area (Å²) in [6.45, 7) is 0. The first-order valence-corrected chi connectivity index (χ1v) is 8.33. The number of nitrogens with two attached hydrogens (primary N) is 2. The minimum atomic E-state index is 0.407. The number of rotatable bonds is 2. The maximum absolute atomic E-state index is 6.11. The Balaban J connectivity index is 1.67. The highest BCUT2D eigenvalue weighted by Crippen LogP contribution is 2.35. The van der Waals surface area contributed by atoms with E-state index in [9.17, 15) is 0 Å². The third kappa shape index (κ3) is 3.24. The molecule has 0 spiro atoms. The van der Waals surface area contributed by atoms with E-state index in [1.165, 1.54) is 49.7 Å². The summed E-state index contributed by atoms with van der Waals surface area (Å²) in [5, 5.41) is 0. The van der Waals surface area contributed by atoms with Crippen LogP contribution < -0.4 is 11.5 Å². The smallest absolute Gasteiger partial charge is 0.00446 e. The zero-order valence-electron chi connectivity index (χ0n) is 12.4. The standard InChI is InChI=1S/C18H28N2/c19-17-5-1-3-15(11-17)13-7-9-14(10-8-13)16-4-2-6-18(20)12-16/h7-10,15-18H,1-6,11-12,19-20H2. The average Bonchev–Trinajstić information content (AvgIpc) is 2.47. The van der Waals surface area contributed by atoms with Crippen LogP contribution in [0.3, 0.4) is 0 Å². The highest BCUT2D eigenvalue weighted by Gasteiger charge is 2.23. The van der Waals surface area contributed by atoms with Crippen molar-refractivity contribution in [2.75, 3.05) is 0 Å². The lowest BCUT2D eigenvalue weighted by Gasteiger charge is -2.29. The van der Waals surface area contributed by atoms with Crippen LogP contribution in [0.5, 0.6) is 0 Å². The van der Waals surface area contributed by atoms with Gasteiger partial charge in [0.1, 0.15) is 0 Å².